The zero-order valence-electron chi connectivity index (χ0n) is 12.1. The van der Waals surface area contributed by atoms with Crippen LogP contribution in [0.3, 0.4) is 0 Å². The van der Waals surface area contributed by atoms with Crippen molar-refractivity contribution < 1.29 is 0 Å². The van der Waals surface area contributed by atoms with E-state index in [1.807, 2.05) is 12.1 Å². The van der Waals surface area contributed by atoms with Crippen LogP contribution in [0.4, 0.5) is 0 Å². The van der Waals surface area contributed by atoms with Crippen LogP contribution in [0.25, 0.3) is 0 Å². The summed E-state index contributed by atoms with van der Waals surface area (Å²) in [7, 11) is 0. The minimum atomic E-state index is -0.00361. The maximum Gasteiger partial charge on any atom is 0.0624 e. The highest BCUT2D eigenvalue weighted by Gasteiger charge is 2.12. The zero-order chi connectivity index (χ0) is 13.8. The van der Waals surface area contributed by atoms with Crippen LogP contribution < -0.4 is 5.73 Å². The van der Waals surface area contributed by atoms with Crippen LogP contribution in [0.15, 0.2) is 30.3 Å². The fourth-order valence-corrected chi connectivity index (χ4v) is 2.42. The van der Waals surface area contributed by atoms with Crippen LogP contribution in [-0.4, -0.2) is 9.78 Å². The third-order valence-corrected chi connectivity index (χ3v) is 3.60. The molecule has 2 aromatic rings. The second-order valence-electron chi connectivity index (χ2n) is 4.98. The van der Waals surface area contributed by atoms with Crippen LogP contribution in [0.1, 0.15) is 42.4 Å². The number of hydrogen-bond donors (Lipinski definition) is 1. The fraction of sp³-hybridized carbons (Fsp3) is 0.438. The van der Waals surface area contributed by atoms with Crippen molar-refractivity contribution in [2.24, 2.45) is 5.73 Å². The van der Waals surface area contributed by atoms with Crippen molar-refractivity contribution in [3.05, 3.63) is 52.8 Å². The van der Waals surface area contributed by atoms with Gasteiger partial charge in [0.25, 0.3) is 0 Å². The second kappa shape index (κ2) is 6.02. The number of aromatic nitrogens is 2. The molecule has 2 rings (SSSR count). The molecule has 0 aliphatic rings. The van der Waals surface area contributed by atoms with E-state index in [0.717, 1.165) is 25.1 Å². The molecule has 3 heteroatoms. The predicted octanol–water partition coefficient (Wildman–Crippen LogP) is 3.02. The van der Waals surface area contributed by atoms with Crippen LogP contribution in [0, 0.1) is 6.92 Å². The first-order valence-electron chi connectivity index (χ1n) is 7.02. The summed E-state index contributed by atoms with van der Waals surface area (Å²) in [6, 6.07) is 10.5. The molecular weight excluding hydrogens is 234 g/mol. The predicted molar refractivity (Wildman–Crippen MR) is 79.1 cm³/mol. The lowest BCUT2D eigenvalue weighted by atomic mass is 10.0. The normalized spacial score (nSPS) is 12.6. The molecule has 0 aliphatic heterocycles. The first-order valence-corrected chi connectivity index (χ1v) is 7.02. The van der Waals surface area contributed by atoms with Gasteiger partial charge in [-0.1, -0.05) is 38.1 Å². The quantitative estimate of drug-likeness (QED) is 0.894. The summed E-state index contributed by atoms with van der Waals surface area (Å²) in [6.07, 6.45) is 1.97. The first-order chi connectivity index (χ1) is 9.15. The Kier molecular flexibility index (Phi) is 4.38. The Bertz CT molecular complexity index is 543. The summed E-state index contributed by atoms with van der Waals surface area (Å²) in [6.45, 7) is 7.14. The monoisotopic (exact) mass is 257 g/mol. The number of hydrogen-bond acceptors (Lipinski definition) is 2. The minimum Gasteiger partial charge on any atom is -0.322 e. The molecule has 0 fully saturated rings. The molecule has 0 aliphatic carbocycles. The van der Waals surface area contributed by atoms with E-state index in [1.165, 1.54) is 16.8 Å². The Morgan fingerprint density at radius 1 is 1.21 bits per heavy atom. The van der Waals surface area contributed by atoms with Crippen molar-refractivity contribution >= 4 is 0 Å². The van der Waals surface area contributed by atoms with Gasteiger partial charge in [0.05, 0.1) is 12.2 Å². The number of rotatable bonds is 5. The van der Waals surface area contributed by atoms with E-state index in [-0.39, 0.29) is 6.04 Å². The van der Waals surface area contributed by atoms with E-state index in [4.69, 9.17) is 5.73 Å². The van der Waals surface area contributed by atoms with Gasteiger partial charge in [-0.15, -0.1) is 0 Å². The van der Waals surface area contributed by atoms with Gasteiger partial charge in [-0.25, -0.2) is 0 Å². The van der Waals surface area contributed by atoms with Gasteiger partial charge in [-0.2, -0.15) is 5.10 Å². The van der Waals surface area contributed by atoms with Crippen LogP contribution in [-0.2, 0) is 19.4 Å². The highest BCUT2D eigenvalue weighted by atomic mass is 15.3. The molecule has 1 unspecified atom stereocenters. The lowest BCUT2D eigenvalue weighted by Gasteiger charge is -2.16. The highest BCUT2D eigenvalue weighted by molar-refractivity contribution is 5.28. The molecule has 102 valence electrons. The molecule has 19 heavy (non-hydrogen) atoms. The molecule has 1 aromatic heterocycles. The molecule has 2 N–H and O–H groups in total. The lowest BCUT2D eigenvalue weighted by Crippen LogP contribution is -2.20. The third-order valence-electron chi connectivity index (χ3n) is 3.60. The fourth-order valence-electron chi connectivity index (χ4n) is 2.42. The molecular formula is C16H23N3. The largest absolute Gasteiger partial charge is 0.322 e. The van der Waals surface area contributed by atoms with Crippen molar-refractivity contribution in [3.63, 3.8) is 0 Å². The summed E-state index contributed by atoms with van der Waals surface area (Å²) in [5, 5.41) is 4.63. The summed E-state index contributed by atoms with van der Waals surface area (Å²) in [5.41, 5.74) is 11.2. The molecule has 0 saturated carbocycles. The standard InChI is InChI=1S/C16H23N3/c1-4-13-10-14(5-2)19(18-13)11-16(17)15-9-7-6-8-12(15)3/h6-10,16H,4-5,11,17H2,1-3H3. The Morgan fingerprint density at radius 3 is 2.58 bits per heavy atom. The lowest BCUT2D eigenvalue weighted by molar-refractivity contribution is 0.506. The van der Waals surface area contributed by atoms with E-state index < -0.39 is 0 Å². The molecule has 1 heterocycles. The first kappa shape index (κ1) is 13.8. The topological polar surface area (TPSA) is 43.8 Å². The van der Waals surface area contributed by atoms with E-state index in [2.05, 4.69) is 48.8 Å². The Labute approximate surface area is 115 Å². The number of nitrogens with two attached hydrogens (primary N) is 1. The van der Waals surface area contributed by atoms with Crippen molar-refractivity contribution in [1.29, 1.82) is 0 Å². The number of nitrogens with zero attached hydrogens (tertiary/aromatic N) is 2. The van der Waals surface area contributed by atoms with Crippen molar-refractivity contribution in [2.75, 3.05) is 0 Å². The van der Waals surface area contributed by atoms with Gasteiger partial charge >= 0.3 is 0 Å². The van der Waals surface area contributed by atoms with Gasteiger partial charge in [-0.3, -0.25) is 4.68 Å². The van der Waals surface area contributed by atoms with Gasteiger partial charge in [0, 0.05) is 11.7 Å². The molecule has 1 aromatic carbocycles. The number of benzene rings is 1. The maximum atomic E-state index is 6.34. The van der Waals surface area contributed by atoms with Crippen LogP contribution in [0.5, 0.6) is 0 Å². The number of aryl methyl sites for hydroxylation is 3. The van der Waals surface area contributed by atoms with Gasteiger partial charge < -0.3 is 5.73 Å². The molecule has 1 atom stereocenters. The minimum absolute atomic E-state index is 0.00361. The van der Waals surface area contributed by atoms with Gasteiger partial charge in [-0.05, 0) is 37.0 Å². The summed E-state index contributed by atoms with van der Waals surface area (Å²) < 4.78 is 2.07. The summed E-state index contributed by atoms with van der Waals surface area (Å²) in [5.74, 6) is 0. The maximum absolute atomic E-state index is 6.34. The molecule has 0 radical (unpaired) electrons. The molecule has 3 nitrogen and oxygen atoms in total. The van der Waals surface area contributed by atoms with Gasteiger partial charge in [0.15, 0.2) is 0 Å². The summed E-state index contributed by atoms with van der Waals surface area (Å²) >= 11 is 0. The van der Waals surface area contributed by atoms with E-state index >= 15 is 0 Å². The van der Waals surface area contributed by atoms with E-state index in [0.29, 0.717) is 0 Å². The smallest absolute Gasteiger partial charge is 0.0624 e. The molecule has 0 amide bonds. The summed E-state index contributed by atoms with van der Waals surface area (Å²) in [4.78, 5) is 0. The molecule has 0 saturated heterocycles. The Morgan fingerprint density at radius 2 is 1.95 bits per heavy atom. The Hall–Kier alpha value is -1.61. The van der Waals surface area contributed by atoms with Crippen molar-refractivity contribution in [3.8, 4) is 0 Å². The van der Waals surface area contributed by atoms with Crippen molar-refractivity contribution in [2.45, 2.75) is 46.2 Å². The Balaban J connectivity index is 2.21. The van der Waals surface area contributed by atoms with E-state index in [9.17, 15) is 0 Å². The molecule has 0 bridgehead atoms. The second-order valence-corrected chi connectivity index (χ2v) is 4.98. The van der Waals surface area contributed by atoms with Crippen LogP contribution >= 0.6 is 0 Å². The average molecular weight is 257 g/mol. The SMILES string of the molecule is CCc1cc(CC)n(CC(N)c2ccccc2C)n1. The zero-order valence-corrected chi connectivity index (χ0v) is 12.1. The van der Waals surface area contributed by atoms with Crippen LogP contribution in [0.2, 0.25) is 0 Å². The molecule has 0 spiro atoms. The van der Waals surface area contributed by atoms with Gasteiger partial charge in [0.1, 0.15) is 0 Å². The van der Waals surface area contributed by atoms with E-state index in [1.54, 1.807) is 0 Å². The highest BCUT2D eigenvalue weighted by Crippen LogP contribution is 2.18. The van der Waals surface area contributed by atoms with Gasteiger partial charge in [0.2, 0.25) is 0 Å². The average Bonchev–Trinajstić information content (AvgIpc) is 2.81. The third kappa shape index (κ3) is 3.04. The van der Waals surface area contributed by atoms with Crippen molar-refractivity contribution in [1.82, 2.24) is 9.78 Å².